The molecule has 5 nitrogen and oxygen atoms in total. The Balaban J connectivity index is 2.48. The van der Waals surface area contributed by atoms with E-state index in [0.717, 1.165) is 18.7 Å². The van der Waals surface area contributed by atoms with Crippen LogP contribution in [0, 0.1) is 0 Å². The van der Waals surface area contributed by atoms with Gasteiger partial charge in [0, 0.05) is 26.2 Å². The quantitative estimate of drug-likeness (QED) is 0.593. The van der Waals surface area contributed by atoms with Crippen molar-refractivity contribution >= 4 is 11.6 Å². The van der Waals surface area contributed by atoms with Crippen molar-refractivity contribution in [2.75, 3.05) is 40.5 Å². The maximum atomic E-state index is 8.62. The number of hydrogen-bond donors (Lipinski definition) is 3. The highest BCUT2D eigenvalue weighted by molar-refractivity contribution is 6.32. The van der Waals surface area contributed by atoms with Gasteiger partial charge >= 0.3 is 0 Å². The minimum Gasteiger partial charge on any atom is -0.493 e. The van der Waals surface area contributed by atoms with E-state index in [0.29, 0.717) is 29.6 Å². The number of benzene rings is 1. The summed E-state index contributed by atoms with van der Waals surface area (Å²) in [6.07, 6.45) is 0. The largest absolute Gasteiger partial charge is 0.493 e. The zero-order valence-corrected chi connectivity index (χ0v) is 12.1. The third kappa shape index (κ3) is 5.24. The summed E-state index contributed by atoms with van der Waals surface area (Å²) in [6, 6.07) is 3.76. The Morgan fingerprint density at radius 3 is 2.47 bits per heavy atom. The molecule has 1 aromatic rings. The monoisotopic (exact) mass is 288 g/mol. The van der Waals surface area contributed by atoms with Crippen LogP contribution < -0.4 is 20.1 Å². The Morgan fingerprint density at radius 1 is 1.11 bits per heavy atom. The van der Waals surface area contributed by atoms with Crippen LogP contribution >= 0.6 is 11.6 Å². The minimum atomic E-state index is 0.158. The van der Waals surface area contributed by atoms with Gasteiger partial charge in [0.25, 0.3) is 0 Å². The van der Waals surface area contributed by atoms with E-state index >= 15 is 0 Å². The number of methoxy groups -OCH3 is 2. The Labute approximate surface area is 118 Å². The van der Waals surface area contributed by atoms with Crippen molar-refractivity contribution in [1.29, 1.82) is 0 Å². The topological polar surface area (TPSA) is 62.8 Å². The second-order valence-electron chi connectivity index (χ2n) is 3.96. The Hall–Kier alpha value is -1.01. The first-order valence-electron chi connectivity index (χ1n) is 6.15. The number of nitrogens with one attached hydrogen (secondary N) is 2. The molecule has 0 saturated heterocycles. The van der Waals surface area contributed by atoms with E-state index in [1.807, 2.05) is 12.1 Å². The number of ether oxygens (including phenoxy) is 2. The molecule has 0 unspecified atom stereocenters. The predicted octanol–water partition coefficient (Wildman–Crippen LogP) is 1.03. The molecule has 0 heterocycles. The second-order valence-corrected chi connectivity index (χ2v) is 4.37. The van der Waals surface area contributed by atoms with E-state index in [2.05, 4.69) is 10.6 Å². The van der Waals surface area contributed by atoms with E-state index in [1.54, 1.807) is 14.2 Å². The SMILES string of the molecule is COc1cc(CNCCNCCO)cc(Cl)c1OC. The molecule has 0 radical (unpaired) electrons. The van der Waals surface area contributed by atoms with Crippen molar-refractivity contribution in [3.8, 4) is 11.5 Å². The van der Waals surface area contributed by atoms with Crippen molar-refractivity contribution < 1.29 is 14.6 Å². The lowest BCUT2D eigenvalue weighted by Gasteiger charge is -2.12. The fraction of sp³-hybridized carbons (Fsp3) is 0.538. The number of rotatable bonds is 9. The molecule has 0 fully saturated rings. The number of aliphatic hydroxyl groups excluding tert-OH is 1. The van der Waals surface area contributed by atoms with Crippen LogP contribution in [0.3, 0.4) is 0 Å². The van der Waals surface area contributed by atoms with Gasteiger partial charge in [-0.2, -0.15) is 0 Å². The third-order valence-corrected chi connectivity index (χ3v) is 2.87. The third-order valence-electron chi connectivity index (χ3n) is 2.59. The Morgan fingerprint density at radius 2 is 1.84 bits per heavy atom. The average Bonchev–Trinajstić information content (AvgIpc) is 2.42. The molecule has 108 valence electrons. The van der Waals surface area contributed by atoms with Crippen LogP contribution in [0.4, 0.5) is 0 Å². The molecule has 1 rings (SSSR count). The molecular formula is C13H21ClN2O3. The van der Waals surface area contributed by atoms with Gasteiger partial charge in [-0.1, -0.05) is 11.6 Å². The predicted molar refractivity (Wildman–Crippen MR) is 76.2 cm³/mol. The van der Waals surface area contributed by atoms with E-state index in [-0.39, 0.29) is 6.61 Å². The molecular weight excluding hydrogens is 268 g/mol. The van der Waals surface area contributed by atoms with Crippen molar-refractivity contribution in [2.24, 2.45) is 0 Å². The summed E-state index contributed by atoms with van der Waals surface area (Å²) in [7, 11) is 3.15. The molecule has 6 heteroatoms. The zero-order chi connectivity index (χ0) is 14.1. The Kier molecular flexibility index (Phi) is 7.59. The highest BCUT2D eigenvalue weighted by Gasteiger charge is 2.10. The van der Waals surface area contributed by atoms with E-state index in [1.165, 1.54) is 0 Å². The van der Waals surface area contributed by atoms with Crippen LogP contribution in [0.1, 0.15) is 5.56 Å². The first-order chi connectivity index (χ1) is 9.22. The van der Waals surface area contributed by atoms with E-state index < -0.39 is 0 Å². The first-order valence-corrected chi connectivity index (χ1v) is 6.53. The molecule has 0 aromatic heterocycles. The van der Waals surface area contributed by atoms with Crippen molar-refractivity contribution in [3.63, 3.8) is 0 Å². The number of hydrogen-bond acceptors (Lipinski definition) is 5. The molecule has 0 aliphatic rings. The van der Waals surface area contributed by atoms with Crippen molar-refractivity contribution in [2.45, 2.75) is 6.54 Å². The lowest BCUT2D eigenvalue weighted by atomic mass is 10.2. The van der Waals surface area contributed by atoms with Gasteiger partial charge < -0.3 is 25.2 Å². The smallest absolute Gasteiger partial charge is 0.179 e. The van der Waals surface area contributed by atoms with Gasteiger partial charge in [0.1, 0.15) is 0 Å². The van der Waals surface area contributed by atoms with Crippen molar-refractivity contribution in [1.82, 2.24) is 10.6 Å². The van der Waals surface area contributed by atoms with Crippen LogP contribution in [0.5, 0.6) is 11.5 Å². The van der Waals surface area contributed by atoms with Gasteiger partial charge in [0.15, 0.2) is 11.5 Å². The van der Waals surface area contributed by atoms with Crippen LogP contribution in [-0.4, -0.2) is 45.6 Å². The van der Waals surface area contributed by atoms with Crippen LogP contribution in [0.25, 0.3) is 0 Å². The first kappa shape index (κ1) is 16.0. The Bertz CT molecular complexity index is 388. The number of aliphatic hydroxyl groups is 1. The van der Waals surface area contributed by atoms with Crippen LogP contribution in [0.15, 0.2) is 12.1 Å². The summed E-state index contributed by atoms with van der Waals surface area (Å²) >= 11 is 6.12. The lowest BCUT2D eigenvalue weighted by Crippen LogP contribution is -2.28. The van der Waals surface area contributed by atoms with Gasteiger partial charge in [0.2, 0.25) is 0 Å². The summed E-state index contributed by atoms with van der Waals surface area (Å²) in [5, 5.41) is 15.5. The highest BCUT2D eigenvalue weighted by atomic mass is 35.5. The summed E-state index contributed by atoms with van der Waals surface area (Å²) in [5.74, 6) is 1.18. The standard InChI is InChI=1S/C13H21ClN2O3/c1-18-12-8-10(7-11(14)13(12)19-2)9-16-4-3-15-5-6-17/h7-8,15-17H,3-6,9H2,1-2H3. The average molecular weight is 289 g/mol. The summed E-state index contributed by atoms with van der Waals surface area (Å²) in [4.78, 5) is 0. The van der Waals surface area contributed by atoms with Crippen LogP contribution in [-0.2, 0) is 6.54 Å². The zero-order valence-electron chi connectivity index (χ0n) is 11.3. The van der Waals surface area contributed by atoms with Crippen LogP contribution in [0.2, 0.25) is 5.02 Å². The molecule has 19 heavy (non-hydrogen) atoms. The molecule has 3 N–H and O–H groups in total. The van der Waals surface area contributed by atoms with Gasteiger partial charge in [0.05, 0.1) is 25.8 Å². The molecule has 0 amide bonds. The maximum Gasteiger partial charge on any atom is 0.179 e. The highest BCUT2D eigenvalue weighted by Crippen LogP contribution is 2.35. The van der Waals surface area contributed by atoms with Gasteiger partial charge in [-0.3, -0.25) is 0 Å². The summed E-state index contributed by atoms with van der Waals surface area (Å²) < 4.78 is 10.4. The van der Waals surface area contributed by atoms with Gasteiger partial charge in [-0.05, 0) is 17.7 Å². The maximum absolute atomic E-state index is 8.62. The number of halogens is 1. The summed E-state index contributed by atoms with van der Waals surface area (Å²) in [6.45, 7) is 3.09. The van der Waals surface area contributed by atoms with Gasteiger partial charge in [-0.15, -0.1) is 0 Å². The lowest BCUT2D eigenvalue weighted by molar-refractivity contribution is 0.292. The normalized spacial score (nSPS) is 10.5. The molecule has 0 aliphatic carbocycles. The van der Waals surface area contributed by atoms with Gasteiger partial charge in [-0.25, -0.2) is 0 Å². The fourth-order valence-electron chi connectivity index (χ4n) is 1.69. The second kappa shape index (κ2) is 8.98. The molecule has 0 atom stereocenters. The van der Waals surface area contributed by atoms with E-state index in [9.17, 15) is 0 Å². The molecule has 0 spiro atoms. The minimum absolute atomic E-state index is 0.158. The molecule has 0 aliphatic heterocycles. The molecule has 1 aromatic carbocycles. The molecule has 0 bridgehead atoms. The molecule has 0 saturated carbocycles. The van der Waals surface area contributed by atoms with E-state index in [4.69, 9.17) is 26.2 Å². The fourth-order valence-corrected chi connectivity index (χ4v) is 2.00. The summed E-state index contributed by atoms with van der Waals surface area (Å²) in [5.41, 5.74) is 1.03. The van der Waals surface area contributed by atoms with Crippen molar-refractivity contribution in [3.05, 3.63) is 22.7 Å².